The molecule has 0 radical (unpaired) electrons. The molecule has 1 heterocycles. The van der Waals surface area contributed by atoms with E-state index in [2.05, 4.69) is 26.2 Å². The Morgan fingerprint density at radius 1 is 1.48 bits per heavy atom. The number of hydrogen-bond donors (Lipinski definition) is 1. The van der Waals surface area contributed by atoms with E-state index in [1.165, 1.54) is 23.6 Å². The summed E-state index contributed by atoms with van der Waals surface area (Å²) in [7, 11) is 0. The van der Waals surface area contributed by atoms with Gasteiger partial charge < -0.3 is 4.74 Å². The maximum Gasteiger partial charge on any atom is 0.357 e. The summed E-state index contributed by atoms with van der Waals surface area (Å²) in [6, 6.07) is 3.74. The zero-order valence-corrected chi connectivity index (χ0v) is 13.3. The van der Waals surface area contributed by atoms with Gasteiger partial charge in [0.1, 0.15) is 5.82 Å². The Bertz CT molecular complexity index is 690. The van der Waals surface area contributed by atoms with Gasteiger partial charge in [-0.25, -0.2) is 14.2 Å². The fraction of sp³-hybridized carbons (Fsp3) is 0.154. The third-order valence-corrected chi connectivity index (χ3v) is 3.80. The van der Waals surface area contributed by atoms with Gasteiger partial charge in [-0.15, -0.1) is 11.3 Å². The molecule has 1 aromatic heterocycles. The third kappa shape index (κ3) is 3.85. The maximum atomic E-state index is 13.0. The number of benzene rings is 1. The lowest BCUT2D eigenvalue weighted by molar-refractivity contribution is 0.0520. The SMILES string of the molecule is CCOC(=O)c1csc(NC(=O)c2ccc(F)cc2Br)n1. The molecule has 8 heteroatoms. The summed E-state index contributed by atoms with van der Waals surface area (Å²) in [4.78, 5) is 27.5. The Morgan fingerprint density at radius 3 is 2.90 bits per heavy atom. The molecular weight excluding hydrogens is 363 g/mol. The Balaban J connectivity index is 2.11. The Hall–Kier alpha value is -1.80. The van der Waals surface area contributed by atoms with Crippen LogP contribution in [0.2, 0.25) is 0 Å². The van der Waals surface area contributed by atoms with Crippen molar-refractivity contribution in [2.75, 3.05) is 11.9 Å². The summed E-state index contributed by atoms with van der Waals surface area (Å²) < 4.78 is 18.1. The lowest BCUT2D eigenvalue weighted by Crippen LogP contribution is -2.13. The van der Waals surface area contributed by atoms with Gasteiger partial charge in [0.05, 0.1) is 12.2 Å². The molecule has 1 amide bonds. The number of aromatic nitrogens is 1. The van der Waals surface area contributed by atoms with Gasteiger partial charge in [-0.1, -0.05) is 0 Å². The lowest BCUT2D eigenvalue weighted by atomic mass is 10.2. The van der Waals surface area contributed by atoms with Gasteiger partial charge in [-0.05, 0) is 41.1 Å². The predicted octanol–water partition coefficient (Wildman–Crippen LogP) is 3.47. The van der Waals surface area contributed by atoms with Crippen molar-refractivity contribution >= 4 is 44.3 Å². The number of ether oxygens (including phenoxy) is 1. The molecule has 0 unspecified atom stereocenters. The minimum atomic E-state index is -0.544. The number of esters is 1. The average Bonchev–Trinajstić information content (AvgIpc) is 2.87. The Labute approximate surface area is 132 Å². The molecule has 2 aromatic rings. The fourth-order valence-electron chi connectivity index (χ4n) is 1.47. The largest absolute Gasteiger partial charge is 0.461 e. The smallest absolute Gasteiger partial charge is 0.357 e. The van der Waals surface area contributed by atoms with Crippen molar-refractivity contribution < 1.29 is 18.7 Å². The number of thiazole rings is 1. The third-order valence-electron chi connectivity index (χ3n) is 2.38. The van der Waals surface area contributed by atoms with Gasteiger partial charge in [0.2, 0.25) is 0 Å². The van der Waals surface area contributed by atoms with E-state index >= 15 is 0 Å². The molecule has 1 aromatic carbocycles. The van der Waals surface area contributed by atoms with Gasteiger partial charge >= 0.3 is 5.97 Å². The lowest BCUT2D eigenvalue weighted by Gasteiger charge is -2.04. The number of nitrogens with zero attached hydrogens (tertiary/aromatic N) is 1. The summed E-state index contributed by atoms with van der Waals surface area (Å²) >= 11 is 4.22. The van der Waals surface area contributed by atoms with Crippen molar-refractivity contribution in [2.24, 2.45) is 0 Å². The Morgan fingerprint density at radius 2 is 2.24 bits per heavy atom. The highest BCUT2D eigenvalue weighted by molar-refractivity contribution is 9.10. The van der Waals surface area contributed by atoms with E-state index in [1.54, 1.807) is 6.92 Å². The van der Waals surface area contributed by atoms with E-state index in [1.807, 2.05) is 0 Å². The molecule has 2 rings (SSSR count). The molecule has 0 aliphatic rings. The van der Waals surface area contributed by atoms with Crippen molar-refractivity contribution in [1.29, 1.82) is 0 Å². The van der Waals surface area contributed by atoms with Gasteiger partial charge in [0, 0.05) is 9.85 Å². The van der Waals surface area contributed by atoms with Crippen molar-refractivity contribution in [1.82, 2.24) is 4.98 Å². The molecule has 21 heavy (non-hydrogen) atoms. The first-order valence-corrected chi connectivity index (χ1v) is 7.57. The fourth-order valence-corrected chi connectivity index (χ4v) is 2.67. The number of halogens is 2. The van der Waals surface area contributed by atoms with Crippen LogP contribution in [0.15, 0.2) is 28.1 Å². The van der Waals surface area contributed by atoms with Crippen molar-refractivity contribution in [3.63, 3.8) is 0 Å². The zero-order valence-electron chi connectivity index (χ0n) is 10.9. The number of amides is 1. The first-order chi connectivity index (χ1) is 10.0. The summed E-state index contributed by atoms with van der Waals surface area (Å²) in [5, 5.41) is 4.30. The molecule has 0 bridgehead atoms. The number of anilines is 1. The standard InChI is InChI=1S/C13H10BrFN2O3S/c1-2-20-12(19)10-6-21-13(16-10)17-11(18)8-4-3-7(15)5-9(8)14/h3-6H,2H2,1H3,(H,16,17,18). The second kappa shape index (κ2) is 6.77. The molecule has 110 valence electrons. The highest BCUT2D eigenvalue weighted by Gasteiger charge is 2.15. The van der Waals surface area contributed by atoms with E-state index in [0.717, 1.165) is 11.3 Å². The van der Waals surface area contributed by atoms with Gasteiger partial charge in [0.25, 0.3) is 5.91 Å². The van der Waals surface area contributed by atoms with Crippen LogP contribution < -0.4 is 5.32 Å². The second-order valence-electron chi connectivity index (χ2n) is 3.84. The van der Waals surface area contributed by atoms with Crippen LogP contribution in [0.5, 0.6) is 0 Å². The molecular formula is C13H10BrFN2O3S. The van der Waals surface area contributed by atoms with Gasteiger partial charge in [-0.3, -0.25) is 10.1 Å². The number of carbonyl (C=O) groups is 2. The van der Waals surface area contributed by atoms with Crippen LogP contribution >= 0.6 is 27.3 Å². The predicted molar refractivity (Wildman–Crippen MR) is 80.1 cm³/mol. The van der Waals surface area contributed by atoms with Gasteiger partial charge in [0.15, 0.2) is 10.8 Å². The second-order valence-corrected chi connectivity index (χ2v) is 5.55. The van der Waals surface area contributed by atoms with Crippen LogP contribution in [0.1, 0.15) is 27.8 Å². The molecule has 1 N–H and O–H groups in total. The van der Waals surface area contributed by atoms with Crippen LogP contribution in [0.4, 0.5) is 9.52 Å². The van der Waals surface area contributed by atoms with E-state index in [4.69, 9.17) is 4.74 Å². The summed E-state index contributed by atoms with van der Waals surface area (Å²) in [6.45, 7) is 1.94. The normalized spacial score (nSPS) is 10.2. The number of nitrogens with one attached hydrogen (secondary N) is 1. The molecule has 0 saturated heterocycles. The first kappa shape index (κ1) is 15.6. The summed E-state index contributed by atoms with van der Waals surface area (Å²) in [6.07, 6.45) is 0. The minimum absolute atomic E-state index is 0.135. The number of rotatable bonds is 4. The summed E-state index contributed by atoms with van der Waals surface area (Å²) in [5.74, 6) is -1.44. The quantitative estimate of drug-likeness (QED) is 0.834. The van der Waals surface area contributed by atoms with Gasteiger partial charge in [-0.2, -0.15) is 0 Å². The van der Waals surface area contributed by atoms with Crippen LogP contribution in [0.3, 0.4) is 0 Å². The van der Waals surface area contributed by atoms with E-state index < -0.39 is 17.7 Å². The van der Waals surface area contributed by atoms with Crippen LogP contribution in [-0.4, -0.2) is 23.5 Å². The van der Waals surface area contributed by atoms with Crippen molar-refractivity contribution in [3.05, 3.63) is 45.1 Å². The van der Waals surface area contributed by atoms with Crippen LogP contribution in [0, 0.1) is 5.82 Å². The monoisotopic (exact) mass is 372 g/mol. The highest BCUT2D eigenvalue weighted by atomic mass is 79.9. The molecule has 0 aliphatic carbocycles. The molecule has 0 spiro atoms. The van der Waals surface area contributed by atoms with Crippen molar-refractivity contribution in [3.8, 4) is 0 Å². The first-order valence-electron chi connectivity index (χ1n) is 5.90. The van der Waals surface area contributed by atoms with E-state index in [0.29, 0.717) is 4.47 Å². The molecule has 0 atom stereocenters. The zero-order chi connectivity index (χ0) is 15.4. The van der Waals surface area contributed by atoms with Crippen molar-refractivity contribution in [2.45, 2.75) is 6.92 Å². The number of hydrogen-bond acceptors (Lipinski definition) is 5. The molecule has 5 nitrogen and oxygen atoms in total. The topological polar surface area (TPSA) is 68.3 Å². The molecule has 0 fully saturated rings. The van der Waals surface area contributed by atoms with E-state index in [9.17, 15) is 14.0 Å². The van der Waals surface area contributed by atoms with Crippen LogP contribution in [0.25, 0.3) is 0 Å². The van der Waals surface area contributed by atoms with E-state index in [-0.39, 0.29) is 23.0 Å². The minimum Gasteiger partial charge on any atom is -0.461 e. The average molecular weight is 373 g/mol. The molecule has 0 saturated carbocycles. The number of carbonyl (C=O) groups excluding carboxylic acids is 2. The maximum absolute atomic E-state index is 13.0. The highest BCUT2D eigenvalue weighted by Crippen LogP contribution is 2.21. The molecule has 0 aliphatic heterocycles. The summed E-state index contributed by atoms with van der Waals surface area (Å²) in [5.41, 5.74) is 0.402. The Kier molecular flexibility index (Phi) is 5.03. The van der Waals surface area contributed by atoms with Crippen LogP contribution in [-0.2, 0) is 4.74 Å².